The van der Waals surface area contributed by atoms with Gasteiger partial charge in [0.15, 0.2) is 0 Å². The van der Waals surface area contributed by atoms with Gasteiger partial charge in [-0.05, 0) is 35.7 Å². The summed E-state index contributed by atoms with van der Waals surface area (Å²) < 4.78 is 13.7. The van der Waals surface area contributed by atoms with E-state index in [1.807, 2.05) is 12.1 Å². The predicted molar refractivity (Wildman–Crippen MR) is 81.2 cm³/mol. The Labute approximate surface area is 129 Å². The first-order chi connectivity index (χ1) is 8.99. The van der Waals surface area contributed by atoms with E-state index in [-0.39, 0.29) is 11.9 Å². The van der Waals surface area contributed by atoms with E-state index < -0.39 is 0 Å². The van der Waals surface area contributed by atoms with E-state index in [9.17, 15) is 4.39 Å². The van der Waals surface area contributed by atoms with Gasteiger partial charge < -0.3 is 5.73 Å². The fraction of sp³-hybridized carbons (Fsp3) is 0.143. The zero-order chi connectivity index (χ0) is 14.0. The Morgan fingerprint density at radius 2 is 1.95 bits per heavy atom. The smallest absolute Gasteiger partial charge is 0.124 e. The molecule has 0 spiro atoms. The molecule has 2 aromatic rings. The van der Waals surface area contributed by atoms with E-state index in [0.29, 0.717) is 20.9 Å². The molecule has 0 bridgehead atoms. The topological polar surface area (TPSA) is 26.0 Å². The molecule has 5 heteroatoms. The first kappa shape index (κ1) is 14.8. The van der Waals surface area contributed by atoms with Crippen LogP contribution in [0.15, 0.2) is 40.9 Å². The highest BCUT2D eigenvalue weighted by molar-refractivity contribution is 9.10. The van der Waals surface area contributed by atoms with Crippen molar-refractivity contribution in [1.82, 2.24) is 0 Å². The Morgan fingerprint density at radius 1 is 1.21 bits per heavy atom. The van der Waals surface area contributed by atoms with Crippen molar-refractivity contribution in [2.24, 2.45) is 5.73 Å². The Morgan fingerprint density at radius 3 is 2.63 bits per heavy atom. The average Bonchev–Trinajstić information content (AvgIpc) is 2.36. The quantitative estimate of drug-likeness (QED) is 0.803. The Balaban J connectivity index is 2.25. The molecule has 0 saturated heterocycles. The molecule has 0 aromatic heterocycles. The van der Waals surface area contributed by atoms with Crippen LogP contribution in [0.2, 0.25) is 10.0 Å². The van der Waals surface area contributed by atoms with Crippen LogP contribution < -0.4 is 5.73 Å². The molecule has 0 aliphatic rings. The van der Waals surface area contributed by atoms with Gasteiger partial charge in [0.1, 0.15) is 5.82 Å². The molecule has 0 radical (unpaired) electrons. The Hall–Kier alpha value is -0.610. The fourth-order valence-corrected chi connectivity index (χ4v) is 2.80. The maximum absolute atomic E-state index is 13.0. The van der Waals surface area contributed by atoms with E-state index in [2.05, 4.69) is 15.9 Å². The Bertz CT molecular complexity index is 604. The highest BCUT2D eigenvalue weighted by Gasteiger charge is 2.14. The summed E-state index contributed by atoms with van der Waals surface area (Å²) in [5.74, 6) is -0.287. The van der Waals surface area contributed by atoms with Crippen molar-refractivity contribution in [3.8, 4) is 0 Å². The van der Waals surface area contributed by atoms with Gasteiger partial charge in [-0.15, -0.1) is 0 Å². The molecule has 1 nitrogen and oxygen atoms in total. The third-order valence-electron chi connectivity index (χ3n) is 2.84. The molecule has 100 valence electrons. The SMILES string of the molecule is NC(Cc1ccc(F)cc1Br)c1cccc(Cl)c1Cl. The lowest BCUT2D eigenvalue weighted by atomic mass is 9.99. The second-order valence-electron chi connectivity index (χ2n) is 4.19. The highest BCUT2D eigenvalue weighted by Crippen LogP contribution is 2.31. The van der Waals surface area contributed by atoms with Crippen LogP contribution in [0.3, 0.4) is 0 Å². The molecule has 19 heavy (non-hydrogen) atoms. The molecule has 0 saturated carbocycles. The zero-order valence-corrected chi connectivity index (χ0v) is 12.9. The predicted octanol–water partition coefficient (Wildman–Crippen LogP) is 5.14. The third kappa shape index (κ3) is 3.48. The summed E-state index contributed by atoms with van der Waals surface area (Å²) in [5.41, 5.74) is 7.85. The summed E-state index contributed by atoms with van der Waals surface area (Å²) in [6.45, 7) is 0. The maximum Gasteiger partial charge on any atom is 0.124 e. The van der Waals surface area contributed by atoms with Crippen LogP contribution in [-0.2, 0) is 6.42 Å². The molecule has 0 aliphatic heterocycles. The molecule has 0 amide bonds. The van der Waals surface area contributed by atoms with Crippen molar-refractivity contribution in [3.05, 3.63) is 67.9 Å². The van der Waals surface area contributed by atoms with Gasteiger partial charge in [-0.2, -0.15) is 0 Å². The van der Waals surface area contributed by atoms with Crippen LogP contribution >= 0.6 is 39.1 Å². The first-order valence-electron chi connectivity index (χ1n) is 5.62. The summed E-state index contributed by atoms with van der Waals surface area (Å²) in [6, 6.07) is 9.60. The molecule has 2 N–H and O–H groups in total. The van der Waals surface area contributed by atoms with E-state index in [1.54, 1.807) is 12.1 Å². The van der Waals surface area contributed by atoms with Crippen molar-refractivity contribution >= 4 is 39.1 Å². The summed E-state index contributed by atoms with van der Waals surface area (Å²) in [7, 11) is 0. The molecule has 0 aliphatic carbocycles. The van der Waals surface area contributed by atoms with Crippen molar-refractivity contribution in [3.63, 3.8) is 0 Å². The standard InChI is InChI=1S/C14H11BrCl2FN/c15-11-7-9(18)5-4-8(11)6-13(19)10-2-1-3-12(16)14(10)17/h1-5,7,13H,6,19H2. The number of rotatable bonds is 3. The van der Waals surface area contributed by atoms with Gasteiger partial charge in [-0.3, -0.25) is 0 Å². The molecule has 1 unspecified atom stereocenters. The van der Waals surface area contributed by atoms with Crippen molar-refractivity contribution < 1.29 is 4.39 Å². The molecule has 0 heterocycles. The van der Waals surface area contributed by atoms with Gasteiger partial charge in [0, 0.05) is 10.5 Å². The van der Waals surface area contributed by atoms with Crippen molar-refractivity contribution in [2.75, 3.05) is 0 Å². The minimum absolute atomic E-state index is 0.287. The molecule has 2 rings (SSSR count). The lowest BCUT2D eigenvalue weighted by Crippen LogP contribution is -2.14. The lowest BCUT2D eigenvalue weighted by molar-refractivity contribution is 0.624. The fourth-order valence-electron chi connectivity index (χ4n) is 1.84. The minimum atomic E-state index is -0.298. The van der Waals surface area contributed by atoms with Crippen molar-refractivity contribution in [1.29, 1.82) is 0 Å². The van der Waals surface area contributed by atoms with Crippen LogP contribution in [0.1, 0.15) is 17.2 Å². The number of halogens is 4. The summed E-state index contributed by atoms with van der Waals surface area (Å²) in [6.07, 6.45) is 0.543. The van der Waals surface area contributed by atoms with Gasteiger partial charge in [0.2, 0.25) is 0 Å². The summed E-state index contributed by atoms with van der Waals surface area (Å²) >= 11 is 15.4. The zero-order valence-electron chi connectivity index (χ0n) is 9.84. The number of benzene rings is 2. The van der Waals surface area contributed by atoms with E-state index in [1.165, 1.54) is 12.1 Å². The van der Waals surface area contributed by atoms with E-state index >= 15 is 0 Å². The largest absolute Gasteiger partial charge is 0.324 e. The van der Waals surface area contributed by atoms with Gasteiger partial charge >= 0.3 is 0 Å². The number of nitrogens with two attached hydrogens (primary N) is 1. The normalized spacial score (nSPS) is 12.5. The molecular weight excluding hydrogens is 352 g/mol. The second kappa shape index (κ2) is 6.23. The van der Waals surface area contributed by atoms with Gasteiger partial charge in [0.25, 0.3) is 0 Å². The van der Waals surface area contributed by atoms with Gasteiger partial charge in [-0.1, -0.05) is 57.3 Å². The van der Waals surface area contributed by atoms with Crippen LogP contribution in [0.4, 0.5) is 4.39 Å². The van der Waals surface area contributed by atoms with Crippen LogP contribution in [0.25, 0.3) is 0 Å². The molecule has 0 fully saturated rings. The van der Waals surface area contributed by atoms with Crippen LogP contribution in [0.5, 0.6) is 0 Å². The Kier molecular flexibility index (Phi) is 4.85. The van der Waals surface area contributed by atoms with Crippen LogP contribution in [-0.4, -0.2) is 0 Å². The second-order valence-corrected chi connectivity index (χ2v) is 5.83. The third-order valence-corrected chi connectivity index (χ3v) is 4.41. The number of hydrogen-bond donors (Lipinski definition) is 1. The van der Waals surface area contributed by atoms with Crippen molar-refractivity contribution in [2.45, 2.75) is 12.5 Å². The van der Waals surface area contributed by atoms with E-state index in [0.717, 1.165) is 11.1 Å². The maximum atomic E-state index is 13.0. The van der Waals surface area contributed by atoms with Crippen LogP contribution in [0, 0.1) is 5.82 Å². The monoisotopic (exact) mass is 361 g/mol. The van der Waals surface area contributed by atoms with Gasteiger partial charge in [0.05, 0.1) is 10.0 Å². The minimum Gasteiger partial charge on any atom is -0.324 e. The summed E-state index contributed by atoms with van der Waals surface area (Å²) in [4.78, 5) is 0. The first-order valence-corrected chi connectivity index (χ1v) is 7.17. The summed E-state index contributed by atoms with van der Waals surface area (Å²) in [5, 5.41) is 0.947. The molecular formula is C14H11BrCl2FN. The molecule has 2 aromatic carbocycles. The number of hydrogen-bond acceptors (Lipinski definition) is 1. The average molecular weight is 363 g/mol. The van der Waals surface area contributed by atoms with Gasteiger partial charge in [-0.25, -0.2) is 4.39 Å². The highest BCUT2D eigenvalue weighted by atomic mass is 79.9. The molecule has 1 atom stereocenters. The lowest BCUT2D eigenvalue weighted by Gasteiger charge is -2.15. The van der Waals surface area contributed by atoms with E-state index in [4.69, 9.17) is 28.9 Å².